The summed E-state index contributed by atoms with van der Waals surface area (Å²) in [6, 6.07) is 7.61. The third-order valence-electron chi connectivity index (χ3n) is 4.64. The minimum atomic E-state index is -1.13. The number of phenolic OH excluding ortho intramolecular Hbond substituents is 2. The van der Waals surface area contributed by atoms with Crippen molar-refractivity contribution >= 4 is 27.5 Å². The average molecular weight is 359 g/mol. The zero-order valence-corrected chi connectivity index (χ0v) is 13.0. The van der Waals surface area contributed by atoms with Crippen LogP contribution in [-0.2, 0) is 12.8 Å². The molecule has 22 heavy (non-hydrogen) atoms. The van der Waals surface area contributed by atoms with Crippen molar-refractivity contribution in [3.63, 3.8) is 0 Å². The highest BCUT2D eigenvalue weighted by Gasteiger charge is 2.56. The SMILES string of the molecule is O=C1c2ccc(O)cc2CC12Cc1c(ccc(O)c1Br)C2=O. The van der Waals surface area contributed by atoms with Crippen LogP contribution in [-0.4, -0.2) is 21.8 Å². The number of fused-ring (bicyclic) bond motifs is 2. The number of carbonyl (C=O) groups excluding carboxylic acids is 2. The number of halogens is 1. The predicted octanol–water partition coefficient (Wildman–Crippen LogP) is 3.02. The maximum atomic E-state index is 12.9. The third-order valence-corrected chi connectivity index (χ3v) is 5.53. The highest BCUT2D eigenvalue weighted by molar-refractivity contribution is 9.10. The molecule has 2 aliphatic carbocycles. The Labute approximate surface area is 134 Å². The number of ketones is 2. The van der Waals surface area contributed by atoms with Crippen molar-refractivity contribution in [2.24, 2.45) is 5.41 Å². The Balaban J connectivity index is 1.88. The Morgan fingerprint density at radius 1 is 0.955 bits per heavy atom. The van der Waals surface area contributed by atoms with Gasteiger partial charge >= 0.3 is 0 Å². The highest BCUT2D eigenvalue weighted by atomic mass is 79.9. The van der Waals surface area contributed by atoms with Gasteiger partial charge in [-0.2, -0.15) is 0 Å². The zero-order chi connectivity index (χ0) is 15.6. The normalized spacial score (nSPS) is 22.2. The first-order chi connectivity index (χ1) is 10.4. The zero-order valence-electron chi connectivity index (χ0n) is 11.4. The minimum Gasteiger partial charge on any atom is -0.508 e. The lowest BCUT2D eigenvalue weighted by Gasteiger charge is -2.18. The second-order valence-corrected chi connectivity index (χ2v) is 6.65. The summed E-state index contributed by atoms with van der Waals surface area (Å²) < 4.78 is 0.474. The van der Waals surface area contributed by atoms with Gasteiger partial charge in [0.1, 0.15) is 16.9 Å². The molecule has 0 radical (unpaired) electrons. The summed E-state index contributed by atoms with van der Waals surface area (Å²) in [4.78, 5) is 25.7. The molecule has 4 rings (SSSR count). The third kappa shape index (κ3) is 1.52. The maximum absolute atomic E-state index is 12.9. The van der Waals surface area contributed by atoms with Gasteiger partial charge < -0.3 is 10.2 Å². The molecule has 0 amide bonds. The Hall–Kier alpha value is -2.14. The molecule has 1 unspecified atom stereocenters. The van der Waals surface area contributed by atoms with E-state index in [9.17, 15) is 19.8 Å². The van der Waals surface area contributed by atoms with E-state index in [4.69, 9.17) is 0 Å². The van der Waals surface area contributed by atoms with Gasteiger partial charge in [0, 0.05) is 11.1 Å². The van der Waals surface area contributed by atoms with Crippen LogP contribution in [0.25, 0.3) is 0 Å². The lowest BCUT2D eigenvalue weighted by atomic mass is 9.80. The number of Topliss-reactive ketones (excluding diaryl/α,β-unsaturated/α-hetero) is 2. The first kappa shape index (κ1) is 13.5. The lowest BCUT2D eigenvalue weighted by molar-refractivity contribution is 0.0705. The first-order valence-corrected chi connectivity index (χ1v) is 7.65. The number of aromatic hydroxyl groups is 2. The van der Waals surface area contributed by atoms with E-state index < -0.39 is 5.41 Å². The van der Waals surface area contributed by atoms with Gasteiger partial charge in [0.15, 0.2) is 11.6 Å². The van der Waals surface area contributed by atoms with Crippen LogP contribution in [0.3, 0.4) is 0 Å². The Morgan fingerprint density at radius 2 is 1.64 bits per heavy atom. The van der Waals surface area contributed by atoms with Crippen LogP contribution in [0, 0.1) is 5.41 Å². The van der Waals surface area contributed by atoms with E-state index in [1.807, 2.05) is 0 Å². The molecule has 0 saturated carbocycles. The fourth-order valence-corrected chi connectivity index (χ4v) is 4.06. The number of rotatable bonds is 0. The van der Waals surface area contributed by atoms with Crippen molar-refractivity contribution in [2.75, 3.05) is 0 Å². The second-order valence-electron chi connectivity index (χ2n) is 5.86. The molecule has 0 bridgehead atoms. The van der Waals surface area contributed by atoms with Crippen LogP contribution in [0.15, 0.2) is 34.8 Å². The molecule has 2 aliphatic rings. The second kappa shape index (κ2) is 4.20. The highest BCUT2D eigenvalue weighted by Crippen LogP contribution is 2.50. The van der Waals surface area contributed by atoms with E-state index in [1.54, 1.807) is 18.2 Å². The van der Waals surface area contributed by atoms with Gasteiger partial charge in [0.25, 0.3) is 0 Å². The quantitative estimate of drug-likeness (QED) is 0.709. The molecule has 0 fully saturated rings. The van der Waals surface area contributed by atoms with Crippen LogP contribution in [0.2, 0.25) is 0 Å². The molecule has 1 atom stereocenters. The van der Waals surface area contributed by atoms with E-state index >= 15 is 0 Å². The van der Waals surface area contributed by atoms with Crippen LogP contribution in [0.1, 0.15) is 31.8 Å². The summed E-state index contributed by atoms with van der Waals surface area (Å²) in [6.45, 7) is 0. The van der Waals surface area contributed by atoms with Crippen molar-refractivity contribution in [1.29, 1.82) is 0 Å². The molecular formula is C17H11BrO4. The summed E-state index contributed by atoms with van der Waals surface area (Å²) in [7, 11) is 0. The maximum Gasteiger partial charge on any atom is 0.177 e. The summed E-state index contributed by atoms with van der Waals surface area (Å²) in [5.74, 6) is -0.256. The van der Waals surface area contributed by atoms with Gasteiger partial charge in [-0.3, -0.25) is 9.59 Å². The summed E-state index contributed by atoms with van der Waals surface area (Å²) in [5.41, 5.74) is 1.23. The molecule has 2 aromatic carbocycles. The molecule has 2 N–H and O–H groups in total. The molecule has 2 aromatic rings. The Kier molecular flexibility index (Phi) is 2.58. The van der Waals surface area contributed by atoms with Gasteiger partial charge in [-0.25, -0.2) is 0 Å². The van der Waals surface area contributed by atoms with Crippen LogP contribution in [0.5, 0.6) is 11.5 Å². The number of carbonyl (C=O) groups is 2. The van der Waals surface area contributed by atoms with Crippen LogP contribution < -0.4 is 0 Å². The van der Waals surface area contributed by atoms with E-state index in [0.717, 1.165) is 0 Å². The topological polar surface area (TPSA) is 74.6 Å². The summed E-state index contributed by atoms with van der Waals surface area (Å²) >= 11 is 3.30. The number of benzene rings is 2. The van der Waals surface area contributed by atoms with Crippen LogP contribution >= 0.6 is 15.9 Å². The molecule has 4 nitrogen and oxygen atoms in total. The van der Waals surface area contributed by atoms with Crippen LogP contribution in [0.4, 0.5) is 0 Å². The molecule has 5 heteroatoms. The molecule has 1 spiro atoms. The fraction of sp³-hybridized carbons (Fsp3) is 0.176. The summed E-state index contributed by atoms with van der Waals surface area (Å²) in [6.07, 6.45) is 0.556. The van der Waals surface area contributed by atoms with Crippen molar-refractivity contribution in [2.45, 2.75) is 12.8 Å². The predicted molar refractivity (Wildman–Crippen MR) is 82.4 cm³/mol. The Bertz CT molecular complexity index is 871. The number of hydrogen-bond acceptors (Lipinski definition) is 4. The van der Waals surface area contributed by atoms with Gasteiger partial charge in [-0.05, 0) is 70.2 Å². The first-order valence-electron chi connectivity index (χ1n) is 6.86. The van der Waals surface area contributed by atoms with E-state index in [1.165, 1.54) is 12.1 Å². The standard InChI is InChI=1S/C17H11BrO4/c18-14-12-7-17(16(22)11(12)3-4-13(14)20)6-8-5-9(19)1-2-10(8)15(17)21/h1-5,19-20H,6-7H2. The van der Waals surface area contributed by atoms with Crippen molar-refractivity contribution in [3.8, 4) is 11.5 Å². The monoisotopic (exact) mass is 358 g/mol. The van der Waals surface area contributed by atoms with E-state index in [-0.39, 0.29) is 35.9 Å². The fourth-order valence-electron chi connectivity index (χ4n) is 3.57. The average Bonchev–Trinajstić information content (AvgIpc) is 2.92. The van der Waals surface area contributed by atoms with Gasteiger partial charge in [-0.15, -0.1) is 0 Å². The van der Waals surface area contributed by atoms with E-state index in [2.05, 4.69) is 15.9 Å². The van der Waals surface area contributed by atoms with Gasteiger partial charge in [-0.1, -0.05) is 0 Å². The van der Waals surface area contributed by atoms with E-state index in [0.29, 0.717) is 26.7 Å². The smallest absolute Gasteiger partial charge is 0.177 e. The molecule has 0 heterocycles. The largest absolute Gasteiger partial charge is 0.508 e. The molecular weight excluding hydrogens is 348 g/mol. The van der Waals surface area contributed by atoms with Crippen molar-refractivity contribution < 1.29 is 19.8 Å². The molecule has 0 aliphatic heterocycles. The summed E-state index contributed by atoms with van der Waals surface area (Å²) in [5, 5.41) is 19.4. The van der Waals surface area contributed by atoms with Gasteiger partial charge in [0.05, 0.1) is 4.47 Å². The molecule has 0 saturated heterocycles. The number of hydrogen-bond donors (Lipinski definition) is 2. The Morgan fingerprint density at radius 3 is 2.41 bits per heavy atom. The van der Waals surface area contributed by atoms with Gasteiger partial charge in [0.2, 0.25) is 0 Å². The number of phenols is 2. The van der Waals surface area contributed by atoms with Crippen molar-refractivity contribution in [3.05, 3.63) is 57.1 Å². The van der Waals surface area contributed by atoms with Crippen molar-refractivity contribution in [1.82, 2.24) is 0 Å². The molecule has 0 aromatic heterocycles. The lowest BCUT2D eigenvalue weighted by Crippen LogP contribution is -2.34. The molecule has 110 valence electrons. The minimum absolute atomic E-state index is 0.0594.